The van der Waals surface area contributed by atoms with Crippen LogP contribution < -0.4 is 11.1 Å². The maximum absolute atomic E-state index is 13.4. The van der Waals surface area contributed by atoms with Gasteiger partial charge in [-0.05, 0) is 31.5 Å². The Labute approximate surface area is 140 Å². The molecule has 2 rings (SSSR count). The predicted octanol–water partition coefficient (Wildman–Crippen LogP) is 2.41. The topological polar surface area (TPSA) is 85.8 Å². The lowest BCUT2D eigenvalue weighted by Crippen LogP contribution is -2.28. The second-order valence-electron chi connectivity index (χ2n) is 4.88. The summed E-state index contributed by atoms with van der Waals surface area (Å²) in [6.07, 6.45) is -1.43. The van der Waals surface area contributed by atoms with Gasteiger partial charge in [-0.2, -0.15) is 18.3 Å². The summed E-state index contributed by atoms with van der Waals surface area (Å²) in [5, 5.41) is 6.06. The van der Waals surface area contributed by atoms with E-state index in [1.54, 1.807) is 0 Å². The van der Waals surface area contributed by atoms with Gasteiger partial charge in [0.1, 0.15) is 0 Å². The Morgan fingerprint density at radius 2 is 2.12 bits per heavy atom. The van der Waals surface area contributed by atoms with Crippen LogP contribution in [0.15, 0.2) is 24.5 Å². The van der Waals surface area contributed by atoms with Crippen molar-refractivity contribution in [2.75, 3.05) is 13.1 Å². The van der Waals surface area contributed by atoms with Gasteiger partial charge in [0.15, 0.2) is 11.5 Å². The van der Waals surface area contributed by atoms with Crippen molar-refractivity contribution in [1.29, 1.82) is 0 Å². The van der Waals surface area contributed by atoms with Gasteiger partial charge in [-0.25, -0.2) is 9.67 Å². The van der Waals surface area contributed by atoms with Crippen molar-refractivity contribution >= 4 is 17.5 Å². The van der Waals surface area contributed by atoms with Gasteiger partial charge in [-0.3, -0.25) is 4.79 Å². The number of alkyl halides is 3. The minimum absolute atomic E-state index is 0.0130. The molecular formula is C14H15ClF3N5O. The number of nitrogens with zero attached hydrogens (tertiary/aromatic N) is 3. The summed E-state index contributed by atoms with van der Waals surface area (Å²) in [5.74, 6) is -1.06. The zero-order chi connectivity index (χ0) is 17.7. The van der Waals surface area contributed by atoms with Crippen LogP contribution in [0.25, 0.3) is 5.82 Å². The molecule has 0 aliphatic rings. The fourth-order valence-electron chi connectivity index (χ4n) is 2.05. The molecule has 24 heavy (non-hydrogen) atoms. The van der Waals surface area contributed by atoms with Gasteiger partial charge in [0.25, 0.3) is 5.91 Å². The number of nitrogens with two attached hydrogens (primary N) is 1. The molecule has 6 nitrogen and oxygen atoms in total. The first kappa shape index (κ1) is 18.2. The van der Waals surface area contributed by atoms with E-state index in [1.807, 2.05) is 0 Å². The number of amides is 1. The van der Waals surface area contributed by atoms with Crippen molar-refractivity contribution in [2.45, 2.75) is 19.0 Å². The molecule has 0 atom stereocenters. The molecule has 0 aliphatic carbocycles. The van der Waals surface area contributed by atoms with Crippen LogP contribution in [0.5, 0.6) is 0 Å². The highest BCUT2D eigenvalue weighted by molar-refractivity contribution is 6.32. The van der Waals surface area contributed by atoms with Gasteiger partial charge in [0.05, 0.1) is 16.8 Å². The van der Waals surface area contributed by atoms with Crippen LogP contribution >= 0.6 is 11.6 Å². The number of rotatable bonds is 6. The average molecular weight is 362 g/mol. The molecule has 2 aromatic heterocycles. The van der Waals surface area contributed by atoms with Gasteiger partial charge in [-0.15, -0.1) is 0 Å². The summed E-state index contributed by atoms with van der Waals surface area (Å²) in [6.45, 7) is 0.669. The normalized spacial score (nSPS) is 11.5. The van der Waals surface area contributed by atoms with Crippen LogP contribution in [0.1, 0.15) is 28.9 Å². The van der Waals surface area contributed by atoms with E-state index in [4.69, 9.17) is 17.3 Å². The zero-order valence-corrected chi connectivity index (χ0v) is 13.2. The molecule has 0 unspecified atom stereocenters. The molecule has 1 amide bonds. The summed E-state index contributed by atoms with van der Waals surface area (Å²) in [4.78, 5) is 15.9. The second-order valence-corrected chi connectivity index (χ2v) is 5.28. The number of carbonyl (C=O) groups excluding carboxylic acids is 1. The smallest absolute Gasteiger partial charge is 0.352 e. The molecular weight excluding hydrogens is 347 g/mol. The Balaban J connectivity index is 2.37. The lowest BCUT2D eigenvalue weighted by atomic mass is 10.2. The molecule has 130 valence electrons. The van der Waals surface area contributed by atoms with E-state index in [0.717, 1.165) is 6.20 Å². The number of nitrogens with one attached hydrogen (secondary N) is 1. The SMILES string of the molecule is NCCCCNC(=O)c1cnn(-c2ncccc2Cl)c1C(F)(F)F. The van der Waals surface area contributed by atoms with Crippen LogP contribution in [-0.2, 0) is 6.18 Å². The third kappa shape index (κ3) is 4.04. The molecule has 0 aliphatic heterocycles. The van der Waals surface area contributed by atoms with Crippen LogP contribution in [0.2, 0.25) is 5.02 Å². The van der Waals surface area contributed by atoms with Crippen LogP contribution in [0.3, 0.4) is 0 Å². The average Bonchev–Trinajstić information content (AvgIpc) is 2.97. The summed E-state index contributed by atoms with van der Waals surface area (Å²) >= 11 is 5.88. The van der Waals surface area contributed by atoms with Gasteiger partial charge in [-0.1, -0.05) is 11.6 Å². The third-order valence-corrected chi connectivity index (χ3v) is 3.43. The zero-order valence-electron chi connectivity index (χ0n) is 12.5. The Morgan fingerprint density at radius 1 is 1.38 bits per heavy atom. The first-order valence-corrected chi connectivity index (χ1v) is 7.48. The molecule has 2 heterocycles. The van der Waals surface area contributed by atoms with Gasteiger partial charge in [0.2, 0.25) is 0 Å². The highest BCUT2D eigenvalue weighted by Crippen LogP contribution is 2.34. The van der Waals surface area contributed by atoms with Crippen molar-refractivity contribution in [1.82, 2.24) is 20.1 Å². The van der Waals surface area contributed by atoms with Crippen molar-refractivity contribution < 1.29 is 18.0 Å². The summed E-state index contributed by atoms with van der Waals surface area (Å²) in [7, 11) is 0. The minimum Gasteiger partial charge on any atom is -0.352 e. The minimum atomic E-state index is -4.80. The Morgan fingerprint density at radius 3 is 2.75 bits per heavy atom. The number of carbonyl (C=O) groups is 1. The van der Waals surface area contributed by atoms with E-state index in [2.05, 4.69) is 15.4 Å². The van der Waals surface area contributed by atoms with Crippen molar-refractivity contribution in [3.8, 4) is 5.82 Å². The maximum Gasteiger partial charge on any atom is 0.434 e. The number of aromatic nitrogens is 3. The van der Waals surface area contributed by atoms with E-state index in [-0.39, 0.29) is 17.4 Å². The quantitative estimate of drug-likeness (QED) is 0.774. The van der Waals surface area contributed by atoms with E-state index >= 15 is 0 Å². The lowest BCUT2D eigenvalue weighted by molar-refractivity contribution is -0.143. The third-order valence-electron chi connectivity index (χ3n) is 3.14. The predicted molar refractivity (Wildman–Crippen MR) is 82.0 cm³/mol. The fourth-order valence-corrected chi connectivity index (χ4v) is 2.25. The molecule has 0 saturated carbocycles. The van der Waals surface area contributed by atoms with Crippen molar-refractivity contribution in [3.63, 3.8) is 0 Å². The molecule has 10 heteroatoms. The molecule has 0 spiro atoms. The Bertz CT molecular complexity index is 717. The van der Waals surface area contributed by atoms with E-state index < -0.39 is 23.3 Å². The largest absolute Gasteiger partial charge is 0.434 e. The second kappa shape index (κ2) is 7.63. The highest BCUT2D eigenvalue weighted by atomic mass is 35.5. The molecule has 2 aromatic rings. The van der Waals surface area contributed by atoms with Crippen molar-refractivity contribution in [2.24, 2.45) is 5.73 Å². The lowest BCUT2D eigenvalue weighted by Gasteiger charge is -2.13. The van der Waals surface area contributed by atoms with E-state index in [9.17, 15) is 18.0 Å². The monoisotopic (exact) mass is 361 g/mol. The van der Waals surface area contributed by atoms with Gasteiger partial charge in [0, 0.05) is 12.7 Å². The number of unbranched alkanes of at least 4 members (excludes halogenated alkanes) is 1. The molecule has 0 bridgehead atoms. The maximum atomic E-state index is 13.4. The fraction of sp³-hybridized carbons (Fsp3) is 0.357. The standard InChI is InChI=1S/C14H15ClF3N5O/c15-10-4-3-7-20-12(10)23-11(14(16,17)18)9(8-22-23)13(24)21-6-2-1-5-19/h3-4,7-8H,1-2,5-6,19H2,(H,21,24). The van der Waals surface area contributed by atoms with E-state index in [1.165, 1.54) is 18.3 Å². The van der Waals surface area contributed by atoms with Gasteiger partial charge >= 0.3 is 6.18 Å². The Hall–Kier alpha value is -2.13. The van der Waals surface area contributed by atoms with Crippen LogP contribution in [-0.4, -0.2) is 33.8 Å². The number of halogens is 4. The molecule has 0 aromatic carbocycles. The number of hydrogen-bond donors (Lipinski definition) is 2. The van der Waals surface area contributed by atoms with Crippen molar-refractivity contribution in [3.05, 3.63) is 40.8 Å². The molecule has 3 N–H and O–H groups in total. The first-order chi connectivity index (χ1) is 11.4. The summed E-state index contributed by atoms with van der Waals surface area (Å²) < 4.78 is 40.8. The van der Waals surface area contributed by atoms with Gasteiger partial charge < -0.3 is 11.1 Å². The highest BCUT2D eigenvalue weighted by Gasteiger charge is 2.41. The molecule has 0 radical (unpaired) electrons. The Kier molecular flexibility index (Phi) is 5.79. The first-order valence-electron chi connectivity index (χ1n) is 7.10. The molecule has 0 saturated heterocycles. The number of hydrogen-bond acceptors (Lipinski definition) is 4. The van der Waals surface area contributed by atoms with Crippen LogP contribution in [0, 0.1) is 0 Å². The van der Waals surface area contributed by atoms with Crippen LogP contribution in [0.4, 0.5) is 13.2 Å². The molecule has 0 fully saturated rings. The summed E-state index contributed by atoms with van der Waals surface area (Å²) in [6, 6.07) is 2.87. The summed E-state index contributed by atoms with van der Waals surface area (Å²) in [5.41, 5.74) is 3.52. The van der Waals surface area contributed by atoms with E-state index in [0.29, 0.717) is 24.1 Å². The number of pyridine rings is 1.